The first kappa shape index (κ1) is 11.3. The third-order valence-electron chi connectivity index (χ3n) is 1.82. The molecule has 5 heteroatoms. The van der Waals surface area contributed by atoms with E-state index in [2.05, 4.69) is 15.9 Å². The molecule has 2 nitrogen and oxygen atoms in total. The van der Waals surface area contributed by atoms with Crippen LogP contribution in [0.1, 0.15) is 9.67 Å². The van der Waals surface area contributed by atoms with E-state index in [9.17, 15) is 9.18 Å². The number of aldehydes is 1. The highest BCUT2D eigenvalue weighted by Gasteiger charge is 2.07. The van der Waals surface area contributed by atoms with E-state index in [1.165, 1.54) is 23.5 Å². The van der Waals surface area contributed by atoms with Gasteiger partial charge in [0.05, 0.1) is 4.88 Å². The maximum Gasteiger partial charge on any atom is 0.181 e. The predicted molar refractivity (Wildman–Crippen MR) is 63.9 cm³/mol. The molecule has 0 saturated heterocycles. The summed E-state index contributed by atoms with van der Waals surface area (Å²) in [6, 6.07) is 7.70. The van der Waals surface area contributed by atoms with Gasteiger partial charge in [0.2, 0.25) is 0 Å². The van der Waals surface area contributed by atoms with Crippen molar-refractivity contribution in [3.8, 4) is 10.8 Å². The van der Waals surface area contributed by atoms with E-state index in [0.717, 1.165) is 10.8 Å². The fourth-order valence-corrected chi connectivity index (χ4v) is 2.14. The first-order valence-electron chi connectivity index (χ1n) is 4.37. The van der Waals surface area contributed by atoms with Crippen LogP contribution in [-0.4, -0.2) is 6.29 Å². The van der Waals surface area contributed by atoms with Gasteiger partial charge >= 0.3 is 0 Å². The third kappa shape index (κ3) is 2.48. The molecule has 0 fully saturated rings. The summed E-state index contributed by atoms with van der Waals surface area (Å²) < 4.78 is 19.4. The standard InChI is InChI=1S/C11H6BrFO2S/c12-7-1-3-9(13)10(5-7)15-11-4-2-8(6-14)16-11/h1-6H. The van der Waals surface area contributed by atoms with Crippen LogP contribution >= 0.6 is 27.3 Å². The Hall–Kier alpha value is -1.20. The summed E-state index contributed by atoms with van der Waals surface area (Å²) in [5, 5.41) is 0.485. The topological polar surface area (TPSA) is 26.3 Å². The molecule has 0 N–H and O–H groups in total. The lowest BCUT2D eigenvalue weighted by Gasteiger charge is -2.04. The van der Waals surface area contributed by atoms with Gasteiger partial charge in [-0.2, -0.15) is 0 Å². The van der Waals surface area contributed by atoms with E-state index in [1.54, 1.807) is 18.2 Å². The van der Waals surface area contributed by atoms with Crippen LogP contribution in [0.5, 0.6) is 10.8 Å². The van der Waals surface area contributed by atoms with Crippen LogP contribution in [0.4, 0.5) is 4.39 Å². The zero-order valence-corrected chi connectivity index (χ0v) is 10.3. The van der Waals surface area contributed by atoms with Crippen molar-refractivity contribution in [1.82, 2.24) is 0 Å². The van der Waals surface area contributed by atoms with Crippen molar-refractivity contribution in [2.45, 2.75) is 0 Å². The second kappa shape index (κ2) is 4.76. The monoisotopic (exact) mass is 300 g/mol. The minimum atomic E-state index is -0.441. The Morgan fingerprint density at radius 2 is 2.12 bits per heavy atom. The lowest BCUT2D eigenvalue weighted by molar-refractivity contribution is 0.112. The van der Waals surface area contributed by atoms with Crippen LogP contribution in [0.3, 0.4) is 0 Å². The van der Waals surface area contributed by atoms with Crippen LogP contribution in [-0.2, 0) is 0 Å². The van der Waals surface area contributed by atoms with Gasteiger partial charge in [-0.15, -0.1) is 0 Å². The van der Waals surface area contributed by atoms with E-state index in [1.807, 2.05) is 0 Å². The second-order valence-electron chi connectivity index (χ2n) is 2.95. The van der Waals surface area contributed by atoms with Crippen molar-refractivity contribution in [2.24, 2.45) is 0 Å². The molecule has 0 aliphatic carbocycles. The Balaban J connectivity index is 2.26. The Morgan fingerprint density at radius 1 is 1.31 bits per heavy atom. The number of hydrogen-bond acceptors (Lipinski definition) is 3. The summed E-state index contributed by atoms with van der Waals surface area (Å²) in [6.07, 6.45) is 0.731. The van der Waals surface area contributed by atoms with E-state index in [-0.39, 0.29) is 5.75 Å². The molecule has 0 atom stereocenters. The van der Waals surface area contributed by atoms with Gasteiger partial charge < -0.3 is 4.74 Å². The van der Waals surface area contributed by atoms with Crippen molar-refractivity contribution in [1.29, 1.82) is 0 Å². The van der Waals surface area contributed by atoms with E-state index in [0.29, 0.717) is 9.94 Å². The molecular formula is C11H6BrFO2S. The fraction of sp³-hybridized carbons (Fsp3) is 0. The molecular weight excluding hydrogens is 295 g/mol. The molecule has 0 amide bonds. The lowest BCUT2D eigenvalue weighted by Crippen LogP contribution is -1.85. The number of halogens is 2. The molecule has 82 valence electrons. The maximum absolute atomic E-state index is 13.3. The number of hydrogen-bond donors (Lipinski definition) is 0. The van der Waals surface area contributed by atoms with Crippen LogP contribution in [0, 0.1) is 5.82 Å². The first-order valence-corrected chi connectivity index (χ1v) is 5.98. The summed E-state index contributed by atoms with van der Waals surface area (Å²) in [5.74, 6) is -0.307. The quantitative estimate of drug-likeness (QED) is 0.792. The highest BCUT2D eigenvalue weighted by Crippen LogP contribution is 2.31. The molecule has 1 heterocycles. The van der Waals surface area contributed by atoms with Gasteiger partial charge in [0.15, 0.2) is 22.9 Å². The van der Waals surface area contributed by atoms with E-state index >= 15 is 0 Å². The first-order chi connectivity index (χ1) is 7.69. The van der Waals surface area contributed by atoms with Gasteiger partial charge in [0, 0.05) is 4.47 Å². The number of carbonyl (C=O) groups excluding carboxylic acids is 1. The van der Waals surface area contributed by atoms with Crippen molar-refractivity contribution < 1.29 is 13.9 Å². The molecule has 0 aliphatic rings. The predicted octanol–water partition coefficient (Wildman–Crippen LogP) is 4.25. The molecule has 0 saturated carbocycles. The van der Waals surface area contributed by atoms with E-state index < -0.39 is 5.82 Å². The fourth-order valence-electron chi connectivity index (χ4n) is 1.12. The highest BCUT2D eigenvalue weighted by atomic mass is 79.9. The van der Waals surface area contributed by atoms with Crippen LogP contribution in [0.15, 0.2) is 34.8 Å². The number of thiophene rings is 1. The SMILES string of the molecule is O=Cc1ccc(Oc2cc(Br)ccc2F)s1. The summed E-state index contributed by atoms with van der Waals surface area (Å²) in [4.78, 5) is 11.0. The highest BCUT2D eigenvalue weighted by molar-refractivity contribution is 9.10. The normalized spacial score (nSPS) is 10.1. The average Bonchev–Trinajstić information content (AvgIpc) is 2.71. The lowest BCUT2D eigenvalue weighted by atomic mass is 10.3. The van der Waals surface area contributed by atoms with Crippen molar-refractivity contribution in [3.05, 3.63) is 45.5 Å². The third-order valence-corrected chi connectivity index (χ3v) is 3.20. The Kier molecular flexibility index (Phi) is 3.36. The van der Waals surface area contributed by atoms with Crippen LogP contribution in [0.25, 0.3) is 0 Å². The van der Waals surface area contributed by atoms with Gasteiger partial charge in [-0.05, 0) is 30.3 Å². The van der Waals surface area contributed by atoms with Gasteiger partial charge in [0.1, 0.15) is 0 Å². The zero-order chi connectivity index (χ0) is 11.5. The number of carbonyl (C=O) groups is 1. The molecule has 1 aromatic carbocycles. The minimum absolute atomic E-state index is 0.133. The molecule has 2 rings (SSSR count). The molecule has 0 bridgehead atoms. The summed E-state index contributed by atoms with van der Waals surface area (Å²) in [7, 11) is 0. The Morgan fingerprint density at radius 3 is 2.81 bits per heavy atom. The number of rotatable bonds is 3. The average molecular weight is 301 g/mol. The van der Waals surface area contributed by atoms with E-state index in [4.69, 9.17) is 4.74 Å². The maximum atomic E-state index is 13.3. The number of ether oxygens (including phenoxy) is 1. The van der Waals surface area contributed by atoms with Gasteiger partial charge in [-0.3, -0.25) is 4.79 Å². The van der Waals surface area contributed by atoms with Gasteiger partial charge in [-0.1, -0.05) is 27.3 Å². The Bertz CT molecular complexity index is 524. The van der Waals surface area contributed by atoms with Crippen molar-refractivity contribution >= 4 is 33.6 Å². The summed E-state index contributed by atoms with van der Waals surface area (Å²) in [6.45, 7) is 0. The molecule has 0 radical (unpaired) electrons. The molecule has 2 aromatic rings. The van der Waals surface area contributed by atoms with Gasteiger partial charge in [-0.25, -0.2) is 4.39 Å². The summed E-state index contributed by atoms with van der Waals surface area (Å²) in [5.41, 5.74) is 0. The molecule has 16 heavy (non-hydrogen) atoms. The summed E-state index contributed by atoms with van der Waals surface area (Å²) >= 11 is 4.40. The minimum Gasteiger partial charge on any atom is -0.444 e. The largest absolute Gasteiger partial charge is 0.444 e. The molecule has 1 aromatic heterocycles. The molecule has 0 unspecified atom stereocenters. The molecule has 0 aliphatic heterocycles. The molecule has 0 spiro atoms. The van der Waals surface area contributed by atoms with Crippen molar-refractivity contribution in [3.63, 3.8) is 0 Å². The van der Waals surface area contributed by atoms with Crippen LogP contribution in [0.2, 0.25) is 0 Å². The second-order valence-corrected chi connectivity index (χ2v) is 4.95. The zero-order valence-electron chi connectivity index (χ0n) is 7.94. The Labute approximate surface area is 104 Å². The van der Waals surface area contributed by atoms with Crippen molar-refractivity contribution in [2.75, 3.05) is 0 Å². The van der Waals surface area contributed by atoms with Crippen LogP contribution < -0.4 is 4.74 Å². The smallest absolute Gasteiger partial charge is 0.181 e. The van der Waals surface area contributed by atoms with Gasteiger partial charge in [0.25, 0.3) is 0 Å². The number of benzene rings is 1.